The van der Waals surface area contributed by atoms with Gasteiger partial charge in [-0.15, -0.1) is 10.2 Å². The van der Waals surface area contributed by atoms with Crippen LogP contribution in [0.3, 0.4) is 0 Å². The lowest BCUT2D eigenvalue weighted by atomic mass is 9.53. The number of hydrogen-bond acceptors (Lipinski definition) is 3. The van der Waals surface area contributed by atoms with E-state index in [0.717, 1.165) is 50.7 Å². The fraction of sp³-hybridized carbons (Fsp3) is 0.444. The predicted octanol–water partition coefficient (Wildman–Crippen LogP) is 6.93. The molecule has 0 atom stereocenters. The van der Waals surface area contributed by atoms with E-state index in [1.54, 1.807) is 11.6 Å². The Hall–Kier alpha value is -3.57. The third-order valence-electron chi connectivity index (χ3n) is 8.33. The number of halogens is 6. The zero-order valence-electron chi connectivity index (χ0n) is 21.1. The number of nitrogens with zero attached hydrogens (tertiary/aromatic N) is 3. The lowest BCUT2D eigenvalue weighted by Gasteiger charge is -2.52. The molecule has 2 aromatic carbocycles. The van der Waals surface area contributed by atoms with Gasteiger partial charge < -0.3 is 15.2 Å². The van der Waals surface area contributed by atoms with E-state index in [4.69, 9.17) is 0 Å². The first-order chi connectivity index (χ1) is 18.3. The minimum absolute atomic E-state index is 0.0223. The number of rotatable bonds is 5. The molecule has 0 spiro atoms. The molecule has 12 heteroatoms. The van der Waals surface area contributed by atoms with Gasteiger partial charge in [-0.05, 0) is 62.1 Å². The number of carbonyl (C=O) groups is 1. The summed E-state index contributed by atoms with van der Waals surface area (Å²) in [5.74, 6) is 0.810. The standard InChI is InChI=1S/C27H27F6N5O/c1-38-21(17-6-2-3-7-18(17)26(28,29)30)36-37-22(38)25-13-10-24(11-14-25,12-15-25)16-34-23(39)35-20-9-5-4-8-19(20)27(31,32)33/h2-9H,10-16H2,1H3,(H2,34,35,39). The third-order valence-corrected chi connectivity index (χ3v) is 8.33. The first-order valence-electron chi connectivity index (χ1n) is 12.6. The molecule has 6 nitrogen and oxygen atoms in total. The highest BCUT2D eigenvalue weighted by atomic mass is 19.4. The molecular weight excluding hydrogens is 524 g/mol. The van der Waals surface area contributed by atoms with E-state index in [-0.39, 0.29) is 27.9 Å². The molecule has 0 unspecified atom stereocenters. The van der Waals surface area contributed by atoms with Crippen LogP contribution in [-0.4, -0.2) is 27.3 Å². The molecule has 1 aromatic heterocycles. The summed E-state index contributed by atoms with van der Waals surface area (Å²) in [4.78, 5) is 12.5. The Balaban J connectivity index is 1.26. The fourth-order valence-corrected chi connectivity index (χ4v) is 6.09. The number of para-hydroxylation sites is 1. The van der Waals surface area contributed by atoms with Crippen LogP contribution in [0.4, 0.5) is 36.8 Å². The van der Waals surface area contributed by atoms with Crippen LogP contribution < -0.4 is 10.6 Å². The molecule has 2 bridgehead atoms. The predicted molar refractivity (Wildman–Crippen MR) is 132 cm³/mol. The topological polar surface area (TPSA) is 71.8 Å². The van der Waals surface area contributed by atoms with E-state index in [0.29, 0.717) is 12.4 Å². The number of aromatic nitrogens is 3. The molecule has 0 saturated heterocycles. The number of benzene rings is 2. The van der Waals surface area contributed by atoms with Crippen LogP contribution in [0.1, 0.15) is 55.5 Å². The van der Waals surface area contributed by atoms with E-state index < -0.39 is 29.5 Å². The van der Waals surface area contributed by atoms with Gasteiger partial charge in [0.25, 0.3) is 0 Å². The van der Waals surface area contributed by atoms with Crippen molar-refractivity contribution in [2.24, 2.45) is 12.5 Å². The highest BCUT2D eigenvalue weighted by Crippen LogP contribution is 2.57. The second-order valence-corrected chi connectivity index (χ2v) is 10.6. The maximum Gasteiger partial charge on any atom is 0.418 e. The summed E-state index contributed by atoms with van der Waals surface area (Å²) in [6, 6.07) is 9.40. The van der Waals surface area contributed by atoms with Gasteiger partial charge in [-0.2, -0.15) is 26.3 Å². The van der Waals surface area contributed by atoms with Crippen LogP contribution in [-0.2, 0) is 24.8 Å². The first kappa shape index (κ1) is 27.0. The minimum Gasteiger partial charge on any atom is -0.337 e. The Bertz CT molecular complexity index is 1350. The highest BCUT2D eigenvalue weighted by molar-refractivity contribution is 5.90. The molecule has 2 N–H and O–H groups in total. The van der Waals surface area contributed by atoms with Crippen LogP contribution in [0, 0.1) is 5.41 Å². The Morgan fingerprint density at radius 3 is 2.03 bits per heavy atom. The van der Waals surface area contributed by atoms with Gasteiger partial charge in [-0.1, -0.05) is 30.3 Å². The van der Waals surface area contributed by atoms with E-state index in [1.807, 2.05) is 0 Å². The smallest absolute Gasteiger partial charge is 0.337 e. The van der Waals surface area contributed by atoms with Crippen LogP contribution >= 0.6 is 0 Å². The number of fused-ring (bicyclic) bond motifs is 3. The van der Waals surface area contributed by atoms with Crippen molar-refractivity contribution < 1.29 is 31.1 Å². The number of anilines is 1. The summed E-state index contributed by atoms with van der Waals surface area (Å²) >= 11 is 0. The van der Waals surface area contributed by atoms with E-state index in [9.17, 15) is 31.1 Å². The monoisotopic (exact) mass is 551 g/mol. The number of nitrogens with one attached hydrogen (secondary N) is 2. The molecule has 6 rings (SSSR count). The maximum atomic E-state index is 13.6. The largest absolute Gasteiger partial charge is 0.418 e. The van der Waals surface area contributed by atoms with Gasteiger partial charge in [-0.3, -0.25) is 0 Å². The molecule has 0 aliphatic heterocycles. The molecule has 208 valence electrons. The van der Waals surface area contributed by atoms with Gasteiger partial charge in [0.1, 0.15) is 5.82 Å². The third kappa shape index (κ3) is 5.08. The number of urea groups is 1. The summed E-state index contributed by atoms with van der Waals surface area (Å²) in [6.07, 6.45) is -4.72. The lowest BCUT2D eigenvalue weighted by Crippen LogP contribution is -2.50. The van der Waals surface area contributed by atoms with Crippen molar-refractivity contribution >= 4 is 11.7 Å². The second-order valence-electron chi connectivity index (χ2n) is 10.6. The average Bonchev–Trinajstić information content (AvgIpc) is 3.30. The van der Waals surface area contributed by atoms with Gasteiger partial charge >= 0.3 is 18.4 Å². The normalized spacial score (nSPS) is 23.1. The van der Waals surface area contributed by atoms with Crippen LogP contribution in [0.2, 0.25) is 0 Å². The summed E-state index contributed by atoms with van der Waals surface area (Å²) in [6.45, 7) is 0.312. The fourth-order valence-electron chi connectivity index (χ4n) is 6.09. The van der Waals surface area contributed by atoms with Crippen molar-refractivity contribution in [1.29, 1.82) is 0 Å². The van der Waals surface area contributed by atoms with Crippen molar-refractivity contribution in [3.8, 4) is 11.4 Å². The van der Waals surface area contributed by atoms with Gasteiger partial charge in [0, 0.05) is 24.6 Å². The van der Waals surface area contributed by atoms with E-state index >= 15 is 0 Å². The van der Waals surface area contributed by atoms with Crippen molar-refractivity contribution in [3.63, 3.8) is 0 Å². The van der Waals surface area contributed by atoms with Crippen molar-refractivity contribution in [1.82, 2.24) is 20.1 Å². The van der Waals surface area contributed by atoms with Gasteiger partial charge in [0.2, 0.25) is 0 Å². The second kappa shape index (κ2) is 9.56. The summed E-state index contributed by atoms with van der Waals surface area (Å²) in [5.41, 5.74) is -2.55. The molecule has 3 aliphatic rings. The number of hydrogen-bond donors (Lipinski definition) is 2. The van der Waals surface area contributed by atoms with Crippen LogP contribution in [0.15, 0.2) is 48.5 Å². The summed E-state index contributed by atoms with van der Waals surface area (Å²) in [5, 5.41) is 13.6. The van der Waals surface area contributed by atoms with Crippen LogP contribution in [0.5, 0.6) is 0 Å². The number of amides is 2. The SMILES string of the molecule is Cn1c(-c2ccccc2C(F)(F)F)nnc1C12CCC(CNC(=O)Nc3ccccc3C(F)(F)F)(CC1)CC2. The van der Waals surface area contributed by atoms with E-state index in [1.165, 1.54) is 36.4 Å². The Morgan fingerprint density at radius 1 is 0.846 bits per heavy atom. The van der Waals surface area contributed by atoms with Gasteiger partial charge in [-0.25, -0.2) is 4.79 Å². The zero-order chi connectivity index (χ0) is 28.1. The molecule has 3 aromatic rings. The molecule has 2 amide bonds. The highest BCUT2D eigenvalue weighted by Gasteiger charge is 2.51. The lowest BCUT2D eigenvalue weighted by molar-refractivity contribution is -0.137. The molecule has 3 fully saturated rings. The van der Waals surface area contributed by atoms with Gasteiger partial charge in [0.15, 0.2) is 5.82 Å². The minimum atomic E-state index is -4.59. The first-order valence-corrected chi connectivity index (χ1v) is 12.6. The Morgan fingerprint density at radius 2 is 1.41 bits per heavy atom. The number of carbonyl (C=O) groups excluding carboxylic acids is 1. The molecular formula is C27H27F6N5O. The molecule has 39 heavy (non-hydrogen) atoms. The van der Waals surface area contributed by atoms with Crippen molar-refractivity contribution in [3.05, 3.63) is 65.5 Å². The molecule has 1 heterocycles. The Labute approximate surface area is 220 Å². The van der Waals surface area contributed by atoms with Crippen molar-refractivity contribution in [2.75, 3.05) is 11.9 Å². The summed E-state index contributed by atoms with van der Waals surface area (Å²) < 4.78 is 82.2. The molecule has 3 aliphatic carbocycles. The summed E-state index contributed by atoms with van der Waals surface area (Å²) in [7, 11) is 1.69. The maximum absolute atomic E-state index is 13.6. The number of alkyl halides is 6. The van der Waals surface area contributed by atoms with Crippen molar-refractivity contribution in [2.45, 2.75) is 56.3 Å². The zero-order valence-corrected chi connectivity index (χ0v) is 21.1. The molecule has 0 radical (unpaired) electrons. The molecule has 3 saturated carbocycles. The average molecular weight is 552 g/mol. The Kier molecular flexibility index (Phi) is 6.62. The van der Waals surface area contributed by atoms with Crippen LogP contribution in [0.25, 0.3) is 11.4 Å². The quantitative estimate of drug-likeness (QED) is 0.338. The van der Waals surface area contributed by atoms with E-state index in [2.05, 4.69) is 20.8 Å². The van der Waals surface area contributed by atoms with Gasteiger partial charge in [0.05, 0.1) is 16.8 Å².